The highest BCUT2D eigenvalue weighted by atomic mass is 16.5. The van der Waals surface area contributed by atoms with Gasteiger partial charge in [0.25, 0.3) is 5.91 Å². The largest absolute Gasteiger partial charge is 0.497 e. The lowest BCUT2D eigenvalue weighted by molar-refractivity contribution is -0.131. The molecule has 0 fully saturated rings. The maximum absolute atomic E-state index is 13.2. The van der Waals surface area contributed by atoms with E-state index < -0.39 is 29.4 Å². The lowest BCUT2D eigenvalue weighted by Gasteiger charge is -2.23. The fourth-order valence-electron chi connectivity index (χ4n) is 3.61. The summed E-state index contributed by atoms with van der Waals surface area (Å²) in [4.78, 5) is 40.3. The number of methoxy groups -OCH3 is 1. The number of hydrogen-bond acceptors (Lipinski definition) is 7. The molecule has 0 radical (unpaired) electrons. The molecule has 0 bridgehead atoms. The van der Waals surface area contributed by atoms with Gasteiger partial charge in [0.1, 0.15) is 11.8 Å². The maximum atomic E-state index is 13.2. The number of carbonyl (C=O) groups excluding carboxylic acids is 3. The molecule has 3 aromatic rings. The number of ether oxygens (including phenoxy) is 2. The lowest BCUT2D eigenvalue weighted by atomic mass is 10.1. The van der Waals surface area contributed by atoms with Gasteiger partial charge in [-0.25, -0.2) is 0 Å². The van der Waals surface area contributed by atoms with Crippen LogP contribution in [0.15, 0.2) is 67.0 Å². The summed E-state index contributed by atoms with van der Waals surface area (Å²) in [5, 5.41) is 9.76. The second kappa shape index (κ2) is 13.0. The van der Waals surface area contributed by atoms with Gasteiger partial charge in [-0.15, -0.1) is 0 Å². The molecule has 1 aromatic heterocycles. The Morgan fingerprint density at radius 3 is 2.33 bits per heavy atom. The fourth-order valence-corrected chi connectivity index (χ4v) is 3.61. The second-order valence-corrected chi connectivity index (χ2v) is 9.86. The Morgan fingerprint density at radius 2 is 1.74 bits per heavy atom. The van der Waals surface area contributed by atoms with E-state index in [0.29, 0.717) is 17.0 Å². The molecule has 0 aliphatic heterocycles. The third-order valence-electron chi connectivity index (χ3n) is 5.84. The number of likely N-dealkylation sites (N-methyl/N-ethyl adjacent to an activating group) is 1. The molecular weight excluding hydrogens is 500 g/mol. The Labute approximate surface area is 228 Å². The zero-order valence-electron chi connectivity index (χ0n) is 22.9. The number of aromatic nitrogens is 2. The first kappa shape index (κ1) is 29.3. The number of anilines is 1. The van der Waals surface area contributed by atoms with Crippen LogP contribution in [0, 0.1) is 0 Å². The summed E-state index contributed by atoms with van der Waals surface area (Å²) in [5.74, 6) is -0.560. The van der Waals surface area contributed by atoms with Crippen molar-refractivity contribution in [3.05, 3.63) is 78.1 Å². The van der Waals surface area contributed by atoms with E-state index in [1.165, 1.54) is 15.8 Å². The average Bonchev–Trinajstić information content (AvgIpc) is 3.36. The Bertz CT molecular complexity index is 1250. The van der Waals surface area contributed by atoms with Crippen molar-refractivity contribution in [1.82, 2.24) is 20.0 Å². The molecule has 1 heterocycles. The molecule has 11 nitrogen and oxygen atoms in total. The molecule has 11 heteroatoms. The fraction of sp³-hybridized carbons (Fsp3) is 0.357. The Kier molecular flexibility index (Phi) is 9.80. The molecule has 0 aliphatic carbocycles. The molecule has 208 valence electrons. The van der Waals surface area contributed by atoms with Crippen LogP contribution < -0.4 is 21.1 Å². The van der Waals surface area contributed by atoms with Crippen molar-refractivity contribution < 1.29 is 23.9 Å². The maximum Gasteiger partial charge on any atom is 0.251 e. The van der Waals surface area contributed by atoms with Crippen LogP contribution in [-0.4, -0.2) is 71.8 Å². The second-order valence-electron chi connectivity index (χ2n) is 9.86. The summed E-state index contributed by atoms with van der Waals surface area (Å²) in [7, 11) is 4.89. The molecule has 2 aromatic carbocycles. The van der Waals surface area contributed by atoms with Crippen LogP contribution in [0.4, 0.5) is 5.69 Å². The minimum atomic E-state index is -1.19. The van der Waals surface area contributed by atoms with E-state index in [-0.39, 0.29) is 19.1 Å². The van der Waals surface area contributed by atoms with Gasteiger partial charge in [0.2, 0.25) is 11.8 Å². The lowest BCUT2D eigenvalue weighted by Crippen LogP contribution is -2.56. The summed E-state index contributed by atoms with van der Waals surface area (Å²) in [6, 6.07) is 14.8. The molecular formula is C28H36N6O5. The Hall–Kier alpha value is -4.22. The van der Waals surface area contributed by atoms with Gasteiger partial charge < -0.3 is 30.7 Å². The van der Waals surface area contributed by atoms with Crippen LogP contribution >= 0.6 is 0 Å². The zero-order chi connectivity index (χ0) is 28.6. The van der Waals surface area contributed by atoms with Crippen LogP contribution in [-0.2, 0) is 25.7 Å². The van der Waals surface area contributed by atoms with Gasteiger partial charge in [0.15, 0.2) is 6.04 Å². The number of benzene rings is 2. The van der Waals surface area contributed by atoms with Gasteiger partial charge >= 0.3 is 0 Å². The number of amides is 3. The monoisotopic (exact) mass is 536 g/mol. The molecule has 4 N–H and O–H groups in total. The first-order chi connectivity index (χ1) is 18.5. The number of carbonyl (C=O) groups is 3. The molecule has 0 saturated carbocycles. The SMILES string of the molecule is COc1ccc(C(C(=O)N(C)C)n2cc(NC(=O)[C@@H](COCc3ccccc3)NC(=O)C(C)(C)N)cn2)cc1. The van der Waals surface area contributed by atoms with Crippen molar-refractivity contribution in [2.24, 2.45) is 5.73 Å². The van der Waals surface area contributed by atoms with Crippen molar-refractivity contribution >= 4 is 23.4 Å². The van der Waals surface area contributed by atoms with Crippen LogP contribution in [0.2, 0.25) is 0 Å². The molecule has 0 aliphatic rings. The Morgan fingerprint density at radius 1 is 1.08 bits per heavy atom. The molecule has 0 spiro atoms. The molecule has 3 rings (SSSR count). The van der Waals surface area contributed by atoms with E-state index in [9.17, 15) is 14.4 Å². The molecule has 39 heavy (non-hydrogen) atoms. The van der Waals surface area contributed by atoms with Crippen molar-refractivity contribution in [3.63, 3.8) is 0 Å². The first-order valence-corrected chi connectivity index (χ1v) is 12.4. The summed E-state index contributed by atoms with van der Waals surface area (Å²) < 4.78 is 12.4. The number of rotatable bonds is 12. The number of hydrogen-bond donors (Lipinski definition) is 3. The predicted molar refractivity (Wildman–Crippen MR) is 147 cm³/mol. The van der Waals surface area contributed by atoms with E-state index in [2.05, 4.69) is 15.7 Å². The number of nitrogens with one attached hydrogen (secondary N) is 2. The Balaban J connectivity index is 1.77. The van der Waals surface area contributed by atoms with Crippen LogP contribution in [0.3, 0.4) is 0 Å². The highest BCUT2D eigenvalue weighted by molar-refractivity contribution is 5.98. The average molecular weight is 537 g/mol. The summed E-state index contributed by atoms with van der Waals surface area (Å²) >= 11 is 0. The van der Waals surface area contributed by atoms with Gasteiger partial charge in [-0.1, -0.05) is 42.5 Å². The molecule has 1 unspecified atom stereocenters. The van der Waals surface area contributed by atoms with E-state index in [4.69, 9.17) is 15.2 Å². The van der Waals surface area contributed by atoms with Crippen molar-refractivity contribution in [2.75, 3.05) is 33.1 Å². The van der Waals surface area contributed by atoms with E-state index in [1.807, 2.05) is 30.3 Å². The topological polar surface area (TPSA) is 141 Å². The number of nitrogens with two attached hydrogens (primary N) is 1. The van der Waals surface area contributed by atoms with Crippen LogP contribution in [0.1, 0.15) is 31.0 Å². The normalized spacial score (nSPS) is 12.8. The van der Waals surface area contributed by atoms with E-state index >= 15 is 0 Å². The highest BCUT2D eigenvalue weighted by Gasteiger charge is 2.29. The first-order valence-electron chi connectivity index (χ1n) is 12.4. The molecule has 3 amide bonds. The van der Waals surface area contributed by atoms with Crippen molar-refractivity contribution in [1.29, 1.82) is 0 Å². The zero-order valence-corrected chi connectivity index (χ0v) is 22.9. The van der Waals surface area contributed by atoms with Crippen molar-refractivity contribution in [3.8, 4) is 5.75 Å². The van der Waals surface area contributed by atoms with Gasteiger partial charge in [0, 0.05) is 20.3 Å². The van der Waals surface area contributed by atoms with Crippen LogP contribution in [0.5, 0.6) is 5.75 Å². The quantitative estimate of drug-likeness (QED) is 0.321. The van der Waals surface area contributed by atoms with Crippen molar-refractivity contribution in [2.45, 2.75) is 38.1 Å². The summed E-state index contributed by atoms with van der Waals surface area (Å²) in [5.41, 5.74) is 6.70. The van der Waals surface area contributed by atoms with Gasteiger partial charge in [0.05, 0.1) is 37.7 Å². The third kappa shape index (κ3) is 8.13. The van der Waals surface area contributed by atoms with E-state index in [1.54, 1.807) is 65.5 Å². The number of nitrogens with zero attached hydrogens (tertiary/aromatic N) is 3. The summed E-state index contributed by atoms with van der Waals surface area (Å²) in [6.07, 6.45) is 3.00. The van der Waals surface area contributed by atoms with Gasteiger partial charge in [-0.2, -0.15) is 5.10 Å². The summed E-state index contributed by atoms with van der Waals surface area (Å²) in [6.45, 7) is 3.28. The molecule has 0 saturated heterocycles. The standard InChI is InChI=1S/C28H36N6O5/c1-28(2,29)27(37)32-23(18-39-17-19-9-7-6-8-10-19)25(35)31-21-15-30-34(16-21)24(26(36)33(3)4)20-11-13-22(38-5)14-12-20/h6-16,23-24H,17-18,29H2,1-5H3,(H,31,35)(H,32,37)/t23-,24?/m1/s1. The smallest absolute Gasteiger partial charge is 0.251 e. The van der Waals surface area contributed by atoms with Gasteiger partial charge in [-0.05, 0) is 37.1 Å². The predicted octanol–water partition coefficient (Wildman–Crippen LogP) is 1.95. The minimum absolute atomic E-state index is 0.0791. The van der Waals surface area contributed by atoms with Crippen LogP contribution in [0.25, 0.3) is 0 Å². The molecule has 2 atom stereocenters. The van der Waals surface area contributed by atoms with E-state index in [0.717, 1.165) is 5.56 Å². The highest BCUT2D eigenvalue weighted by Crippen LogP contribution is 2.24. The third-order valence-corrected chi connectivity index (χ3v) is 5.84. The van der Waals surface area contributed by atoms with Gasteiger partial charge in [-0.3, -0.25) is 19.1 Å². The minimum Gasteiger partial charge on any atom is -0.497 e.